The Morgan fingerprint density at radius 2 is 1.14 bits per heavy atom. The fourth-order valence-electron chi connectivity index (χ4n) is 5.57. The lowest BCUT2D eigenvalue weighted by molar-refractivity contribution is -0.143. The van der Waals surface area contributed by atoms with Crippen molar-refractivity contribution < 1.29 is 23.6 Å². The fourth-order valence-corrected chi connectivity index (χ4v) is 10.5. The third-order valence-corrected chi connectivity index (χ3v) is 13.2. The topological polar surface area (TPSA) is 65.0 Å². The van der Waals surface area contributed by atoms with Crippen molar-refractivity contribution in [2.24, 2.45) is 0 Å². The Kier molecular flexibility index (Phi) is 12.4. The van der Waals surface area contributed by atoms with Crippen LogP contribution in [0.4, 0.5) is 0 Å². The summed E-state index contributed by atoms with van der Waals surface area (Å²) in [5, 5.41) is 13.5. The minimum atomic E-state index is -2.88. The van der Waals surface area contributed by atoms with Crippen molar-refractivity contribution in [3.8, 4) is 0 Å². The van der Waals surface area contributed by atoms with Gasteiger partial charge >= 0.3 is 0 Å². The lowest BCUT2D eigenvalue weighted by atomic mass is 10.1. The van der Waals surface area contributed by atoms with Crippen molar-refractivity contribution in [2.45, 2.75) is 63.8 Å². The number of aliphatic hydroxyl groups is 1. The van der Waals surface area contributed by atoms with Crippen LogP contribution in [0.5, 0.6) is 0 Å². The van der Waals surface area contributed by atoms with Crippen LogP contribution in [0, 0.1) is 0 Å². The third kappa shape index (κ3) is 8.79. The molecule has 0 aliphatic rings. The van der Waals surface area contributed by atoms with Crippen molar-refractivity contribution in [2.75, 3.05) is 12.8 Å². The van der Waals surface area contributed by atoms with Crippen molar-refractivity contribution in [1.29, 1.82) is 0 Å². The predicted molar refractivity (Wildman–Crippen MR) is 177 cm³/mol. The van der Waals surface area contributed by atoms with Gasteiger partial charge in [0.15, 0.2) is 8.46 Å². The van der Waals surface area contributed by atoms with Gasteiger partial charge in [-0.2, -0.15) is 0 Å². The highest BCUT2D eigenvalue weighted by Crippen LogP contribution is 2.37. The first kappa shape index (κ1) is 32.9. The van der Waals surface area contributed by atoms with Crippen molar-refractivity contribution in [3.05, 3.63) is 132 Å². The van der Waals surface area contributed by atoms with Crippen LogP contribution < -0.4 is 10.4 Å². The summed E-state index contributed by atoms with van der Waals surface area (Å²) in [6.07, 6.45) is -1.55. The zero-order valence-electron chi connectivity index (χ0n) is 25.3. The summed E-state index contributed by atoms with van der Waals surface area (Å²) in [6.45, 7) is 7.58. The van der Waals surface area contributed by atoms with E-state index in [0.717, 1.165) is 11.1 Å². The summed E-state index contributed by atoms with van der Waals surface area (Å²) in [6, 6.07) is 40.9. The molecule has 4 aromatic rings. The second kappa shape index (κ2) is 16.2. The second-order valence-electron chi connectivity index (χ2n) is 11.8. The van der Waals surface area contributed by atoms with E-state index in [1.165, 1.54) is 10.4 Å². The highest BCUT2D eigenvalue weighted by molar-refractivity contribution is 7.23. The van der Waals surface area contributed by atoms with Gasteiger partial charge in [-0.25, -0.2) is 0 Å². The van der Waals surface area contributed by atoms with Gasteiger partial charge in [-0.3, -0.25) is 4.57 Å². The summed E-state index contributed by atoms with van der Waals surface area (Å²) in [5.74, 6) is 0. The smallest absolute Gasteiger partial charge is 0.261 e. The molecule has 0 spiro atoms. The molecule has 0 unspecified atom stereocenters. The van der Waals surface area contributed by atoms with Crippen LogP contribution in [-0.2, 0) is 31.7 Å². The standard InChI is InChI=1S/C36H43O5PSi/c1-36(2,3)43(31-20-12-6-13-21-31,32-22-14-7-15-23-32)41-28-34(39-26-29-16-8-4-9-17-29)35(33(37)24-25-42-38)40-27-30-18-10-5-11-19-30/h4-23,33-35,37H,24-28H2,1-3H3/t33-,34+,35-/m1/s1. The lowest BCUT2D eigenvalue weighted by Gasteiger charge is -2.44. The molecule has 4 rings (SSSR count). The van der Waals surface area contributed by atoms with Crippen LogP contribution in [0.2, 0.25) is 5.04 Å². The molecule has 0 bridgehead atoms. The van der Waals surface area contributed by atoms with E-state index in [4.69, 9.17) is 13.9 Å². The van der Waals surface area contributed by atoms with Crippen molar-refractivity contribution >= 4 is 27.2 Å². The Morgan fingerprint density at radius 1 is 0.698 bits per heavy atom. The monoisotopic (exact) mass is 614 g/mol. The first-order valence-corrected chi connectivity index (χ1v) is 17.8. The highest BCUT2D eigenvalue weighted by atomic mass is 31.1. The molecular formula is C36H43O5PSi. The maximum Gasteiger partial charge on any atom is 0.261 e. The Balaban J connectivity index is 1.72. The number of hydrogen-bond acceptors (Lipinski definition) is 5. The van der Waals surface area contributed by atoms with Crippen LogP contribution in [0.15, 0.2) is 121 Å². The molecule has 0 saturated carbocycles. The van der Waals surface area contributed by atoms with E-state index < -0.39 is 26.6 Å². The zero-order chi connectivity index (χ0) is 30.5. The average molecular weight is 615 g/mol. The maximum atomic E-state index is 11.4. The van der Waals surface area contributed by atoms with Gasteiger partial charge in [0.25, 0.3) is 8.32 Å². The molecule has 4 aromatic carbocycles. The molecule has 0 amide bonds. The van der Waals surface area contributed by atoms with E-state index in [2.05, 4.69) is 69.3 Å². The SMILES string of the molecule is CC(C)(C)[Si](OC[C@H](OCc1ccccc1)[C@H](OCc1ccccc1)[C@H](O)CCP=O)(c1ccccc1)c1ccccc1. The molecule has 5 nitrogen and oxygen atoms in total. The predicted octanol–water partition coefficient (Wildman–Crippen LogP) is 6.78. The molecule has 1 N–H and O–H groups in total. The fraction of sp³-hybridized carbons (Fsp3) is 0.333. The largest absolute Gasteiger partial charge is 0.405 e. The summed E-state index contributed by atoms with van der Waals surface area (Å²) in [5.41, 5.74) is 2.02. The van der Waals surface area contributed by atoms with Gasteiger partial charge in [0.1, 0.15) is 12.2 Å². The first-order valence-electron chi connectivity index (χ1n) is 14.9. The van der Waals surface area contributed by atoms with E-state index in [0.29, 0.717) is 25.8 Å². The van der Waals surface area contributed by atoms with E-state index >= 15 is 0 Å². The van der Waals surface area contributed by atoms with Crippen molar-refractivity contribution in [1.82, 2.24) is 0 Å². The first-order chi connectivity index (χ1) is 20.8. The number of benzene rings is 4. The molecule has 0 fully saturated rings. The summed E-state index contributed by atoms with van der Waals surface area (Å²) in [4.78, 5) is 0. The second-order valence-corrected chi connectivity index (χ2v) is 16.8. The number of aliphatic hydroxyl groups excluding tert-OH is 1. The molecule has 43 heavy (non-hydrogen) atoms. The molecule has 0 aromatic heterocycles. The average Bonchev–Trinajstić information content (AvgIpc) is 3.03. The Labute approximate surface area is 259 Å². The van der Waals surface area contributed by atoms with E-state index in [9.17, 15) is 9.67 Å². The molecule has 3 atom stereocenters. The van der Waals surface area contributed by atoms with Crippen LogP contribution >= 0.6 is 8.46 Å². The van der Waals surface area contributed by atoms with Gasteiger partial charge in [0.2, 0.25) is 0 Å². The summed E-state index contributed by atoms with van der Waals surface area (Å²) in [7, 11) is -2.89. The van der Waals surface area contributed by atoms with E-state index in [1.54, 1.807) is 0 Å². The van der Waals surface area contributed by atoms with Crippen LogP contribution in [0.25, 0.3) is 0 Å². The highest BCUT2D eigenvalue weighted by Gasteiger charge is 2.51. The molecule has 0 radical (unpaired) electrons. The van der Waals surface area contributed by atoms with Crippen molar-refractivity contribution in [3.63, 3.8) is 0 Å². The molecule has 7 heteroatoms. The Bertz CT molecular complexity index is 1310. The zero-order valence-corrected chi connectivity index (χ0v) is 27.2. The Hall–Kier alpha value is -2.96. The van der Waals surface area contributed by atoms with E-state index in [-0.39, 0.29) is 20.1 Å². The Morgan fingerprint density at radius 3 is 1.58 bits per heavy atom. The number of ether oxygens (including phenoxy) is 2. The van der Waals surface area contributed by atoms with Crippen LogP contribution in [0.3, 0.4) is 0 Å². The molecular weight excluding hydrogens is 571 g/mol. The third-order valence-electron chi connectivity index (χ3n) is 7.73. The van der Waals surface area contributed by atoms with Gasteiger partial charge in [-0.1, -0.05) is 142 Å². The minimum absolute atomic E-state index is 0.0128. The molecule has 0 saturated heterocycles. The summed E-state index contributed by atoms with van der Waals surface area (Å²) >= 11 is 0. The molecule has 0 aliphatic heterocycles. The van der Waals surface area contributed by atoms with Gasteiger partial charge in [-0.15, -0.1) is 0 Å². The van der Waals surface area contributed by atoms with Gasteiger partial charge in [0.05, 0.1) is 25.9 Å². The molecule has 0 aliphatic carbocycles. The number of hydrogen-bond donors (Lipinski definition) is 1. The quantitative estimate of drug-likeness (QED) is 0.111. The van der Waals surface area contributed by atoms with Crippen LogP contribution in [-0.4, -0.2) is 44.5 Å². The normalized spacial score (nSPS) is 14.3. The molecule has 0 heterocycles. The lowest BCUT2D eigenvalue weighted by Crippen LogP contribution is -2.67. The minimum Gasteiger partial charge on any atom is -0.405 e. The van der Waals surface area contributed by atoms with E-state index in [1.807, 2.05) is 72.8 Å². The van der Waals surface area contributed by atoms with Gasteiger partial charge in [0, 0.05) is 6.16 Å². The maximum absolute atomic E-state index is 11.4. The van der Waals surface area contributed by atoms with Crippen LogP contribution in [0.1, 0.15) is 38.3 Å². The summed E-state index contributed by atoms with van der Waals surface area (Å²) < 4.78 is 31.7. The molecule has 226 valence electrons. The number of rotatable bonds is 16. The van der Waals surface area contributed by atoms with Gasteiger partial charge < -0.3 is 19.0 Å². The van der Waals surface area contributed by atoms with Gasteiger partial charge in [-0.05, 0) is 33.0 Å².